The van der Waals surface area contributed by atoms with E-state index in [1.54, 1.807) is 13.8 Å². The molecule has 646 valence electrons. The van der Waals surface area contributed by atoms with Crippen LogP contribution in [-0.2, 0) is 57.8 Å². The van der Waals surface area contributed by atoms with Gasteiger partial charge in [-0.25, -0.2) is 19.9 Å². The zero-order valence-corrected chi connectivity index (χ0v) is 75.5. The normalized spacial score (nSPS) is 35.2. The summed E-state index contributed by atoms with van der Waals surface area (Å²) in [5.41, 5.74) is -2.77. The largest absolute Gasteiger partial charge is 0.481 e. The van der Waals surface area contributed by atoms with E-state index in [4.69, 9.17) is 57.9 Å². The van der Waals surface area contributed by atoms with Gasteiger partial charge in [-0.05, 0) is 254 Å². The number of aromatic nitrogens is 10. The number of fused-ring (bicyclic) bond motifs is 14. The molecular formula is C92H132Cl2N12O12. The number of likely N-dealkylation sites (N-methyl/N-ethyl adjacent to an activating group) is 2. The predicted octanol–water partition coefficient (Wildman–Crippen LogP) is 16.3. The molecule has 4 aromatic heterocycles. The van der Waals surface area contributed by atoms with Crippen LogP contribution in [0.1, 0.15) is 276 Å². The summed E-state index contributed by atoms with van der Waals surface area (Å²) in [6.45, 7) is 38.8. The fraction of sp³-hybridized carbons (Fsp3) is 0.761. The Morgan fingerprint density at radius 2 is 0.941 bits per heavy atom. The number of nitrogens with zero attached hydrogens (tertiary/aromatic N) is 12. The first-order valence-corrected chi connectivity index (χ1v) is 44.7. The Bertz CT molecular complexity index is 4720. The van der Waals surface area contributed by atoms with Crippen molar-refractivity contribution in [2.24, 2.45) is 112 Å². The zero-order chi connectivity index (χ0) is 86.1. The highest BCUT2D eigenvalue weighted by molar-refractivity contribution is 6.31. The summed E-state index contributed by atoms with van der Waals surface area (Å²) in [7, 11) is 7.90. The van der Waals surface area contributed by atoms with Crippen molar-refractivity contribution in [1.29, 1.82) is 0 Å². The first-order chi connectivity index (χ1) is 55.0. The maximum atomic E-state index is 15.1. The van der Waals surface area contributed by atoms with E-state index in [-0.39, 0.29) is 145 Å². The van der Waals surface area contributed by atoms with Crippen molar-refractivity contribution >= 4 is 58.6 Å². The van der Waals surface area contributed by atoms with Crippen LogP contribution in [0.25, 0.3) is 23.3 Å². The fourth-order valence-corrected chi connectivity index (χ4v) is 28.3. The van der Waals surface area contributed by atoms with Gasteiger partial charge in [0, 0.05) is 85.7 Å². The van der Waals surface area contributed by atoms with Gasteiger partial charge < -0.3 is 48.8 Å². The molecule has 8 saturated carbocycles. The second-order valence-electron chi connectivity index (χ2n) is 43.2. The third-order valence-electron chi connectivity index (χ3n) is 34.6. The molecule has 6 unspecified atom stereocenters. The van der Waals surface area contributed by atoms with Gasteiger partial charge in [0.15, 0.2) is 34.9 Å². The van der Waals surface area contributed by atoms with Gasteiger partial charge in [0.2, 0.25) is 11.6 Å². The molecule has 0 aliphatic heterocycles. The molecule has 0 radical (unpaired) electrons. The number of halogens is 2. The van der Waals surface area contributed by atoms with Crippen LogP contribution in [0.4, 0.5) is 0 Å². The number of carbonyl (C=O) groups excluding carboxylic acids is 4. The van der Waals surface area contributed by atoms with Crippen LogP contribution in [0, 0.1) is 112 Å². The number of carboxylic acid groups (broad SMARTS) is 2. The summed E-state index contributed by atoms with van der Waals surface area (Å²) >= 11 is 13.3. The third-order valence-corrected chi connectivity index (χ3v) is 35.2. The highest BCUT2D eigenvalue weighted by atomic mass is 35.5. The monoisotopic (exact) mass is 1670 g/mol. The van der Waals surface area contributed by atoms with Crippen molar-refractivity contribution in [3.8, 4) is 23.3 Å². The highest BCUT2D eigenvalue weighted by Crippen LogP contribution is 2.80. The second kappa shape index (κ2) is 30.5. The van der Waals surface area contributed by atoms with E-state index in [9.17, 15) is 44.4 Å². The van der Waals surface area contributed by atoms with E-state index in [1.165, 1.54) is 25.5 Å². The van der Waals surface area contributed by atoms with E-state index in [0.717, 1.165) is 99.3 Å². The summed E-state index contributed by atoms with van der Waals surface area (Å²) in [4.78, 5) is 107. The van der Waals surface area contributed by atoms with Gasteiger partial charge in [-0.3, -0.25) is 28.8 Å². The Labute approximate surface area is 707 Å². The number of aliphatic carboxylic acids is 2. The summed E-state index contributed by atoms with van der Waals surface area (Å²) in [5.74, 6) is -0.561. The van der Waals surface area contributed by atoms with Crippen LogP contribution in [0.3, 0.4) is 0 Å². The molecule has 0 saturated heterocycles. The van der Waals surface area contributed by atoms with Crippen LogP contribution in [0.15, 0.2) is 40.9 Å². The Hall–Kier alpha value is -6.44. The lowest BCUT2D eigenvalue weighted by Gasteiger charge is -2.72. The van der Waals surface area contributed by atoms with Crippen molar-refractivity contribution < 1.29 is 58.7 Å². The van der Waals surface area contributed by atoms with Crippen molar-refractivity contribution in [2.75, 3.05) is 41.3 Å². The number of aliphatic hydroxyl groups is 2. The number of hydrogen-bond acceptors (Lipinski definition) is 20. The number of allylic oxidation sites excluding steroid dienone is 2. The minimum atomic E-state index is -1.74. The standard InChI is InChI=1S/C92H132Cl2N12O12/c1-50(2)67-57(107)43-91(71(111)75-99-101-77(105(75)40-38-103(18)19)73-95-47-52(93)48-96-73)36-34-87(14)53(69(67)91)22-25-62-86(13)31-29-64(83(9,10)60(86)27-33-90(62,87)17)118-66(110)46-84(11,80(115)116)42-56-55(94)49-97-74(98-56)78-102-100-76(106(78)41-39-104(20)21)72(112)92-37-35-88(15)54(70(92)68(51(3)4)58(108)44-92)23-24-61-85(12)30-28-63(117-65(109)45-81(5,6)79(113)114)82(7,8)59(85)26-32-89(61,88)16/h47-51,53-54,59-64,71-72,111-112H,22-46H2,1-21H3,(H,113,114)(H,115,116)/t53-,54?,59?,60?,61-,62?,63+,64+,71?,72+,84?,85+,86+,87-,88-,89-,90-,91-,92-/m1/s1. The van der Waals surface area contributed by atoms with Gasteiger partial charge in [-0.1, -0.05) is 120 Å². The Balaban J connectivity index is 0.684. The maximum absolute atomic E-state index is 15.1. The van der Waals surface area contributed by atoms with E-state index in [0.29, 0.717) is 86.2 Å². The molecule has 0 aromatic carbocycles. The number of hydrogen-bond donors (Lipinski definition) is 4. The van der Waals surface area contributed by atoms with Gasteiger partial charge in [0.05, 0.1) is 39.4 Å². The molecule has 0 spiro atoms. The molecule has 4 N–H and O–H groups in total. The number of Topliss-reactive ketones (excluding diaryl/α,β-unsaturated/α-hetero) is 2. The minimum absolute atomic E-state index is 0.0167. The first-order valence-electron chi connectivity index (χ1n) is 43.9. The lowest BCUT2D eigenvalue weighted by molar-refractivity contribution is -0.235. The zero-order valence-electron chi connectivity index (χ0n) is 74.0. The third kappa shape index (κ3) is 13.6. The van der Waals surface area contributed by atoms with E-state index >= 15 is 4.79 Å². The topological polar surface area (TPSA) is 321 Å². The minimum Gasteiger partial charge on any atom is -0.481 e. The number of ketones is 2. The van der Waals surface area contributed by atoms with Gasteiger partial charge >= 0.3 is 23.9 Å². The van der Waals surface area contributed by atoms with Crippen LogP contribution in [0.5, 0.6) is 0 Å². The predicted molar refractivity (Wildman–Crippen MR) is 448 cm³/mol. The van der Waals surface area contributed by atoms with Gasteiger partial charge in [0.1, 0.15) is 24.4 Å². The summed E-state index contributed by atoms with van der Waals surface area (Å²) in [5, 5.41) is 67.5. The molecule has 0 bridgehead atoms. The van der Waals surface area contributed by atoms with Crippen LogP contribution >= 0.6 is 23.2 Å². The molecule has 10 aliphatic carbocycles. The highest BCUT2D eigenvalue weighted by Gasteiger charge is 2.74. The van der Waals surface area contributed by atoms with Gasteiger partial charge in [-0.2, -0.15) is 0 Å². The SMILES string of the molecule is CC(C)C1=C2[C@H]3CCC4[C@@]5(C)CC[C@H](OC(=O)CC(C)(Cc6nc(-c7nnc([C@H](O)[C@@]89CC[C@]%10(C)C(CC[C@@H]%11[C@@]%12(C)CC[C@H](OC(=O)CC(C)(C)C(=O)O)C(C)(C)C%12CC[C@]%11%10C)C8=C(C(C)C)C(=O)C9)n7CCN(C)C)ncc6Cl)C(=O)O)C(C)(C)C5CC[C@@]4(C)[C@]3(C)CC[C@@]2(C(O)c2nnc(-c3ncc(Cl)cn3)n2CCN(C)C)CC1=O. The molecular weight excluding hydrogens is 1540 g/mol. The Morgan fingerprint density at radius 3 is 1.35 bits per heavy atom. The summed E-state index contributed by atoms with van der Waals surface area (Å²) < 4.78 is 16.7. The summed E-state index contributed by atoms with van der Waals surface area (Å²) in [6, 6.07) is 0. The van der Waals surface area contributed by atoms with E-state index in [2.05, 4.69) is 117 Å². The van der Waals surface area contributed by atoms with Gasteiger partial charge in [0.25, 0.3) is 0 Å². The van der Waals surface area contributed by atoms with Crippen LogP contribution in [0.2, 0.25) is 10.0 Å². The molecule has 10 aliphatic rings. The van der Waals surface area contributed by atoms with Crippen molar-refractivity contribution in [2.45, 2.75) is 290 Å². The number of carboxylic acids is 2. The number of esters is 2. The Morgan fingerprint density at radius 1 is 0.525 bits per heavy atom. The van der Waals surface area contributed by atoms with Crippen molar-refractivity contribution in [3.63, 3.8) is 0 Å². The smallest absolute Gasteiger partial charge is 0.310 e. The first kappa shape index (κ1) is 87.9. The lowest BCUT2D eigenvalue weighted by Crippen LogP contribution is -2.66. The Kier molecular flexibility index (Phi) is 22.7. The molecule has 118 heavy (non-hydrogen) atoms. The summed E-state index contributed by atoms with van der Waals surface area (Å²) in [6.07, 6.45) is 13.5. The molecule has 8 fully saturated rings. The maximum Gasteiger partial charge on any atom is 0.310 e. The molecule has 19 atom stereocenters. The quantitative estimate of drug-likeness (QED) is 0.0474. The molecule has 0 amide bonds. The van der Waals surface area contributed by atoms with Crippen LogP contribution < -0.4 is 0 Å². The number of carbonyl (C=O) groups is 6. The second-order valence-corrected chi connectivity index (χ2v) is 44.0. The molecule has 4 heterocycles. The number of rotatable bonds is 24. The average Bonchev–Trinajstić information content (AvgIpc) is 1.33. The lowest BCUT2D eigenvalue weighted by atomic mass is 9.33. The number of ether oxygens (including phenoxy) is 2. The van der Waals surface area contributed by atoms with Crippen LogP contribution in [-0.4, -0.2) is 169 Å². The molecule has 26 heteroatoms. The fourth-order valence-electron chi connectivity index (χ4n) is 28.1. The van der Waals surface area contributed by atoms with Gasteiger partial charge in [-0.15, -0.1) is 20.4 Å². The molecule has 4 aromatic rings. The van der Waals surface area contributed by atoms with E-state index in [1.807, 2.05) is 42.2 Å². The molecule has 14 rings (SSSR count). The van der Waals surface area contributed by atoms with Crippen molar-refractivity contribution in [3.05, 3.63) is 68.3 Å². The number of aliphatic hydroxyl groups excluding tert-OH is 2. The van der Waals surface area contributed by atoms with E-state index < -0.39 is 75.7 Å². The molecule has 24 nitrogen and oxygen atoms in total. The average molecular weight is 1670 g/mol. The van der Waals surface area contributed by atoms with Crippen molar-refractivity contribution in [1.82, 2.24) is 59.3 Å².